The average Bonchev–Trinajstić information content (AvgIpc) is 3.14. The fraction of sp³-hybridized carbons (Fsp3) is 0.571. The molecule has 0 bridgehead atoms. The van der Waals surface area contributed by atoms with Crippen LogP contribution in [0.2, 0.25) is 0 Å². The molecule has 7 nitrogen and oxygen atoms in total. The summed E-state index contributed by atoms with van der Waals surface area (Å²) in [5.41, 5.74) is 2.25. The van der Waals surface area contributed by atoms with Gasteiger partial charge in [0.2, 0.25) is 0 Å². The predicted octanol–water partition coefficient (Wildman–Crippen LogP) is 2.28. The maximum Gasteiger partial charge on any atom is 0.161 e. The van der Waals surface area contributed by atoms with Gasteiger partial charge in [-0.05, 0) is 45.5 Å². The van der Waals surface area contributed by atoms with Gasteiger partial charge in [-0.1, -0.05) is 6.07 Å². The SMILES string of the molecule is CCn1cc(CNCc2ccc(OC)c(OC[C@H](O)CN(C)C(C)C)c2)cn1. The molecule has 7 heteroatoms. The predicted molar refractivity (Wildman–Crippen MR) is 111 cm³/mol. The number of ether oxygens (including phenoxy) is 2. The lowest BCUT2D eigenvalue weighted by atomic mass is 10.2. The lowest BCUT2D eigenvalue weighted by Crippen LogP contribution is -2.37. The van der Waals surface area contributed by atoms with Gasteiger partial charge in [0.05, 0.1) is 13.3 Å². The van der Waals surface area contributed by atoms with Crippen LogP contribution in [0.15, 0.2) is 30.6 Å². The van der Waals surface area contributed by atoms with Crippen LogP contribution >= 0.6 is 0 Å². The quantitative estimate of drug-likeness (QED) is 0.579. The average molecular weight is 391 g/mol. The highest BCUT2D eigenvalue weighted by atomic mass is 16.5. The number of aliphatic hydroxyl groups excluding tert-OH is 1. The van der Waals surface area contributed by atoms with E-state index in [1.54, 1.807) is 7.11 Å². The van der Waals surface area contributed by atoms with E-state index < -0.39 is 6.10 Å². The molecule has 28 heavy (non-hydrogen) atoms. The van der Waals surface area contributed by atoms with Crippen molar-refractivity contribution in [2.75, 3.05) is 27.3 Å². The number of aryl methyl sites for hydroxylation is 1. The number of hydrogen-bond acceptors (Lipinski definition) is 6. The molecule has 1 heterocycles. The van der Waals surface area contributed by atoms with Gasteiger partial charge < -0.3 is 24.8 Å². The monoisotopic (exact) mass is 390 g/mol. The van der Waals surface area contributed by atoms with Crippen molar-refractivity contribution in [3.05, 3.63) is 41.7 Å². The minimum Gasteiger partial charge on any atom is -0.493 e. The molecule has 2 N–H and O–H groups in total. The molecule has 2 aromatic rings. The van der Waals surface area contributed by atoms with Crippen LogP contribution in [0.25, 0.3) is 0 Å². The molecule has 0 aliphatic carbocycles. The Labute approximate surface area is 168 Å². The highest BCUT2D eigenvalue weighted by molar-refractivity contribution is 5.43. The molecular weight excluding hydrogens is 356 g/mol. The molecule has 0 radical (unpaired) electrons. The van der Waals surface area contributed by atoms with Gasteiger partial charge in [-0.3, -0.25) is 4.68 Å². The first kappa shape index (κ1) is 22.2. The van der Waals surface area contributed by atoms with Gasteiger partial charge in [0.25, 0.3) is 0 Å². The molecular formula is C21H34N4O3. The van der Waals surface area contributed by atoms with E-state index >= 15 is 0 Å². The Morgan fingerprint density at radius 1 is 1.21 bits per heavy atom. The van der Waals surface area contributed by atoms with E-state index in [2.05, 4.69) is 36.1 Å². The number of nitrogens with zero attached hydrogens (tertiary/aromatic N) is 3. The maximum atomic E-state index is 10.2. The highest BCUT2D eigenvalue weighted by Crippen LogP contribution is 2.28. The van der Waals surface area contributed by atoms with Crippen LogP contribution in [-0.2, 0) is 19.6 Å². The van der Waals surface area contributed by atoms with Crippen LogP contribution in [0.4, 0.5) is 0 Å². The number of aliphatic hydroxyl groups is 1. The lowest BCUT2D eigenvalue weighted by Gasteiger charge is -2.24. The molecule has 0 saturated heterocycles. The van der Waals surface area contributed by atoms with Gasteiger partial charge in [-0.25, -0.2) is 0 Å². The van der Waals surface area contributed by atoms with E-state index in [-0.39, 0.29) is 6.61 Å². The zero-order chi connectivity index (χ0) is 20.5. The summed E-state index contributed by atoms with van der Waals surface area (Å²) in [5, 5.41) is 17.9. The highest BCUT2D eigenvalue weighted by Gasteiger charge is 2.13. The van der Waals surface area contributed by atoms with Crippen molar-refractivity contribution in [1.29, 1.82) is 0 Å². The van der Waals surface area contributed by atoms with Crippen LogP contribution in [-0.4, -0.2) is 59.2 Å². The molecule has 156 valence electrons. The van der Waals surface area contributed by atoms with E-state index in [9.17, 15) is 5.11 Å². The number of hydrogen-bond donors (Lipinski definition) is 2. The second-order valence-corrected chi connectivity index (χ2v) is 7.29. The van der Waals surface area contributed by atoms with Crippen molar-refractivity contribution in [3.63, 3.8) is 0 Å². The largest absolute Gasteiger partial charge is 0.493 e. The zero-order valence-corrected chi connectivity index (χ0v) is 17.7. The summed E-state index contributed by atoms with van der Waals surface area (Å²) in [4.78, 5) is 2.09. The second-order valence-electron chi connectivity index (χ2n) is 7.29. The molecule has 0 fully saturated rings. The third kappa shape index (κ3) is 6.82. The van der Waals surface area contributed by atoms with Crippen molar-refractivity contribution in [2.45, 2.75) is 52.6 Å². The van der Waals surface area contributed by atoms with Crippen molar-refractivity contribution < 1.29 is 14.6 Å². The van der Waals surface area contributed by atoms with Crippen LogP contribution in [0.5, 0.6) is 11.5 Å². The second kappa shape index (κ2) is 11.0. The Morgan fingerprint density at radius 3 is 2.61 bits per heavy atom. The van der Waals surface area contributed by atoms with Crippen molar-refractivity contribution in [1.82, 2.24) is 20.0 Å². The summed E-state index contributed by atoms with van der Waals surface area (Å²) in [6, 6.07) is 6.24. The number of rotatable bonds is 12. The molecule has 0 spiro atoms. The zero-order valence-electron chi connectivity index (χ0n) is 17.7. The molecule has 0 amide bonds. The molecule has 1 atom stereocenters. The van der Waals surface area contributed by atoms with E-state index in [0.717, 1.165) is 24.2 Å². The van der Waals surface area contributed by atoms with E-state index in [1.165, 1.54) is 0 Å². The fourth-order valence-corrected chi connectivity index (χ4v) is 2.75. The molecule has 1 aromatic heterocycles. The first-order valence-electron chi connectivity index (χ1n) is 9.83. The van der Waals surface area contributed by atoms with Gasteiger partial charge in [-0.2, -0.15) is 5.10 Å². The van der Waals surface area contributed by atoms with E-state index in [0.29, 0.717) is 30.6 Å². The van der Waals surface area contributed by atoms with Gasteiger partial charge in [-0.15, -0.1) is 0 Å². The van der Waals surface area contributed by atoms with Gasteiger partial charge in [0.15, 0.2) is 11.5 Å². The third-order valence-electron chi connectivity index (χ3n) is 4.71. The van der Waals surface area contributed by atoms with Crippen LogP contribution in [0.3, 0.4) is 0 Å². The Balaban J connectivity index is 1.89. The number of benzene rings is 1. The van der Waals surface area contributed by atoms with Gasteiger partial charge in [0, 0.05) is 44.0 Å². The number of aromatic nitrogens is 2. The van der Waals surface area contributed by atoms with Crippen LogP contribution < -0.4 is 14.8 Å². The molecule has 1 aromatic carbocycles. The smallest absolute Gasteiger partial charge is 0.161 e. The minimum atomic E-state index is -0.561. The summed E-state index contributed by atoms with van der Waals surface area (Å²) < 4.78 is 13.2. The fourth-order valence-electron chi connectivity index (χ4n) is 2.75. The summed E-state index contributed by atoms with van der Waals surface area (Å²) in [6.07, 6.45) is 3.37. The minimum absolute atomic E-state index is 0.223. The van der Waals surface area contributed by atoms with Crippen molar-refractivity contribution >= 4 is 0 Å². The van der Waals surface area contributed by atoms with Crippen molar-refractivity contribution in [2.24, 2.45) is 0 Å². The Morgan fingerprint density at radius 2 is 1.96 bits per heavy atom. The number of methoxy groups -OCH3 is 1. The molecule has 0 aliphatic heterocycles. The molecule has 0 unspecified atom stereocenters. The lowest BCUT2D eigenvalue weighted by molar-refractivity contribution is 0.0668. The number of likely N-dealkylation sites (N-methyl/N-ethyl adjacent to an activating group) is 1. The van der Waals surface area contributed by atoms with Gasteiger partial charge in [0.1, 0.15) is 12.7 Å². The molecule has 0 saturated carbocycles. The third-order valence-corrected chi connectivity index (χ3v) is 4.71. The summed E-state index contributed by atoms with van der Waals surface area (Å²) in [7, 11) is 3.61. The topological polar surface area (TPSA) is 71.8 Å². The summed E-state index contributed by atoms with van der Waals surface area (Å²) in [5.74, 6) is 1.31. The Hall–Kier alpha value is -2.09. The standard InChI is InChI=1S/C21H34N4O3/c1-6-25-13-18(12-23-25)11-22-10-17-7-8-20(27-5)21(9-17)28-15-19(26)14-24(4)16(2)3/h7-9,12-13,16,19,22,26H,6,10-11,14-15H2,1-5H3/t19-/m1/s1. The van der Waals surface area contributed by atoms with Gasteiger partial charge >= 0.3 is 0 Å². The first-order chi connectivity index (χ1) is 13.4. The molecule has 2 rings (SSSR count). The molecule has 0 aliphatic rings. The van der Waals surface area contributed by atoms with E-state index in [4.69, 9.17) is 9.47 Å². The summed E-state index contributed by atoms with van der Waals surface area (Å²) >= 11 is 0. The Bertz CT molecular complexity index is 717. The van der Waals surface area contributed by atoms with Crippen molar-refractivity contribution in [3.8, 4) is 11.5 Å². The first-order valence-corrected chi connectivity index (χ1v) is 9.83. The van der Waals surface area contributed by atoms with Crippen LogP contribution in [0, 0.1) is 0 Å². The normalized spacial score (nSPS) is 12.6. The summed E-state index contributed by atoms with van der Waals surface area (Å²) in [6.45, 7) is 9.38. The Kier molecular flexibility index (Phi) is 8.76. The van der Waals surface area contributed by atoms with E-state index in [1.807, 2.05) is 42.3 Å². The number of nitrogens with one attached hydrogen (secondary N) is 1. The van der Waals surface area contributed by atoms with Crippen LogP contribution in [0.1, 0.15) is 31.9 Å². The maximum absolute atomic E-state index is 10.2.